The van der Waals surface area contributed by atoms with Crippen molar-refractivity contribution in [3.05, 3.63) is 77.2 Å². The van der Waals surface area contributed by atoms with Crippen LogP contribution in [0.5, 0.6) is 0 Å². The number of hydrogen-bond acceptors (Lipinski definition) is 0. The van der Waals surface area contributed by atoms with Gasteiger partial charge in [-0.05, 0) is 37.0 Å². The normalized spacial score (nSPS) is 10.5. The van der Waals surface area contributed by atoms with Crippen LogP contribution < -0.4 is 0 Å². The first kappa shape index (κ1) is 11.8. The lowest BCUT2D eigenvalue weighted by atomic mass is 10.0. The van der Waals surface area contributed by atoms with Gasteiger partial charge in [-0.3, -0.25) is 0 Å². The molecule has 0 bridgehead atoms. The van der Waals surface area contributed by atoms with Crippen molar-refractivity contribution in [2.75, 3.05) is 0 Å². The smallest absolute Gasteiger partial charge is 0.162 e. The number of benzene rings is 2. The molecule has 0 unspecified atom stereocenters. The molecule has 0 atom stereocenters. The summed E-state index contributed by atoms with van der Waals surface area (Å²) < 4.78 is 26.3. The maximum Gasteiger partial charge on any atom is 0.162 e. The average molecular weight is 231 g/mol. The Hall–Kier alpha value is -1.70. The molecule has 0 fully saturated rings. The highest BCUT2D eigenvalue weighted by Crippen LogP contribution is 2.16. The molecule has 0 aliphatic carbocycles. The third kappa shape index (κ3) is 2.90. The van der Waals surface area contributed by atoms with Crippen LogP contribution in [0.1, 0.15) is 16.7 Å². The lowest BCUT2D eigenvalue weighted by molar-refractivity contribution is 0.504. The van der Waals surface area contributed by atoms with Crippen molar-refractivity contribution in [2.24, 2.45) is 0 Å². The van der Waals surface area contributed by atoms with E-state index in [1.807, 2.05) is 31.2 Å². The molecule has 0 aromatic heterocycles. The average Bonchev–Trinajstić information content (AvgIpc) is 2.33. The second-order valence-corrected chi connectivity index (χ2v) is 4.04. The predicted molar refractivity (Wildman–Crippen MR) is 64.6 cm³/mol. The Morgan fingerprint density at radius 3 is 2.41 bits per heavy atom. The molecule has 0 saturated carbocycles. The molecule has 0 heterocycles. The summed E-state index contributed by atoms with van der Waals surface area (Å²) in [5, 5.41) is 0. The Labute approximate surface area is 99.9 Å². The van der Waals surface area contributed by atoms with Crippen molar-refractivity contribution in [3.63, 3.8) is 0 Å². The van der Waals surface area contributed by atoms with E-state index < -0.39 is 11.6 Å². The van der Waals surface area contributed by atoms with Gasteiger partial charge in [0.25, 0.3) is 0 Å². The number of halogens is 2. The van der Waals surface area contributed by atoms with Gasteiger partial charge in [-0.25, -0.2) is 8.78 Å². The second-order valence-electron chi connectivity index (χ2n) is 4.04. The zero-order valence-corrected chi connectivity index (χ0v) is 9.58. The summed E-state index contributed by atoms with van der Waals surface area (Å²) in [5.74, 6) is -1.58. The predicted octanol–water partition coefficient (Wildman–Crippen LogP) is 4.07. The van der Waals surface area contributed by atoms with Gasteiger partial charge in [0.2, 0.25) is 0 Å². The molecule has 2 rings (SSSR count). The molecular weight excluding hydrogens is 218 g/mol. The van der Waals surface area contributed by atoms with Crippen molar-refractivity contribution in [1.29, 1.82) is 0 Å². The van der Waals surface area contributed by atoms with Crippen LogP contribution in [0.15, 0.2) is 42.5 Å². The van der Waals surface area contributed by atoms with Crippen molar-refractivity contribution in [2.45, 2.75) is 13.3 Å². The summed E-state index contributed by atoms with van der Waals surface area (Å²) in [7, 11) is 0. The van der Waals surface area contributed by atoms with Crippen molar-refractivity contribution in [3.8, 4) is 0 Å². The lowest BCUT2D eigenvalue weighted by Gasteiger charge is -2.04. The van der Waals surface area contributed by atoms with Crippen molar-refractivity contribution < 1.29 is 8.78 Å². The van der Waals surface area contributed by atoms with E-state index in [1.165, 1.54) is 11.6 Å². The van der Waals surface area contributed by atoms with Crippen LogP contribution in [-0.4, -0.2) is 0 Å². The molecule has 0 amide bonds. The van der Waals surface area contributed by atoms with E-state index in [1.54, 1.807) is 12.5 Å². The Morgan fingerprint density at radius 2 is 1.71 bits per heavy atom. The Kier molecular flexibility index (Phi) is 3.52. The van der Waals surface area contributed by atoms with E-state index in [4.69, 9.17) is 0 Å². The van der Waals surface area contributed by atoms with E-state index in [0.717, 1.165) is 11.6 Å². The van der Waals surface area contributed by atoms with Gasteiger partial charge < -0.3 is 0 Å². The van der Waals surface area contributed by atoms with Gasteiger partial charge in [0, 0.05) is 0 Å². The minimum atomic E-state index is -0.803. The summed E-state index contributed by atoms with van der Waals surface area (Å²) in [6.07, 6.45) is 2.30. The van der Waals surface area contributed by atoms with Crippen LogP contribution in [0.2, 0.25) is 0 Å². The zero-order chi connectivity index (χ0) is 12.3. The SMILES string of the molecule is Cc1ccc(C[CH]c2cccc(F)c2F)cc1. The standard InChI is InChI=1S/C15H13F2/c1-11-5-7-12(8-6-11)9-10-13-3-2-4-14(16)15(13)17/h2-8,10H,9H2,1H3. The fourth-order valence-corrected chi connectivity index (χ4v) is 1.63. The van der Waals surface area contributed by atoms with Gasteiger partial charge in [-0.2, -0.15) is 0 Å². The second kappa shape index (κ2) is 5.09. The molecule has 0 spiro atoms. The van der Waals surface area contributed by atoms with Crippen LogP contribution in [0.3, 0.4) is 0 Å². The molecule has 0 aliphatic rings. The van der Waals surface area contributed by atoms with Crippen LogP contribution >= 0.6 is 0 Å². The van der Waals surface area contributed by atoms with E-state index in [-0.39, 0.29) is 0 Å². The lowest BCUT2D eigenvalue weighted by Crippen LogP contribution is -1.95. The monoisotopic (exact) mass is 231 g/mol. The molecule has 2 aromatic carbocycles. The summed E-state index contributed by atoms with van der Waals surface area (Å²) in [6.45, 7) is 2.01. The Morgan fingerprint density at radius 1 is 1.00 bits per heavy atom. The molecular formula is C15H13F2. The molecule has 0 aliphatic heterocycles. The molecule has 2 aromatic rings. The number of aryl methyl sites for hydroxylation is 1. The van der Waals surface area contributed by atoms with E-state index in [9.17, 15) is 8.78 Å². The molecule has 17 heavy (non-hydrogen) atoms. The van der Waals surface area contributed by atoms with Gasteiger partial charge in [-0.15, -0.1) is 0 Å². The molecule has 2 heteroatoms. The van der Waals surface area contributed by atoms with Crippen LogP contribution in [0.25, 0.3) is 0 Å². The quantitative estimate of drug-likeness (QED) is 0.747. The fourth-order valence-electron chi connectivity index (χ4n) is 1.63. The topological polar surface area (TPSA) is 0 Å². The molecule has 87 valence electrons. The maximum absolute atomic E-state index is 13.4. The summed E-state index contributed by atoms with van der Waals surface area (Å²) in [6, 6.07) is 12.2. The van der Waals surface area contributed by atoms with E-state index in [2.05, 4.69) is 0 Å². The van der Waals surface area contributed by atoms with Crippen molar-refractivity contribution in [1.82, 2.24) is 0 Å². The van der Waals surface area contributed by atoms with Gasteiger partial charge in [0.1, 0.15) is 0 Å². The highest BCUT2D eigenvalue weighted by Gasteiger charge is 2.07. The third-order valence-corrected chi connectivity index (χ3v) is 2.66. The van der Waals surface area contributed by atoms with E-state index in [0.29, 0.717) is 12.0 Å². The van der Waals surface area contributed by atoms with Gasteiger partial charge in [0.05, 0.1) is 0 Å². The maximum atomic E-state index is 13.4. The largest absolute Gasteiger partial charge is 0.204 e. The van der Waals surface area contributed by atoms with E-state index >= 15 is 0 Å². The fraction of sp³-hybridized carbons (Fsp3) is 0.133. The zero-order valence-electron chi connectivity index (χ0n) is 9.58. The van der Waals surface area contributed by atoms with Gasteiger partial charge in [-0.1, -0.05) is 42.0 Å². The highest BCUT2D eigenvalue weighted by atomic mass is 19.2. The Balaban J connectivity index is 2.07. The van der Waals surface area contributed by atoms with Crippen LogP contribution in [0.4, 0.5) is 8.78 Å². The molecule has 0 nitrogen and oxygen atoms in total. The first-order valence-electron chi connectivity index (χ1n) is 5.49. The van der Waals surface area contributed by atoms with Crippen LogP contribution in [-0.2, 0) is 6.42 Å². The molecule has 0 saturated heterocycles. The molecule has 0 N–H and O–H groups in total. The van der Waals surface area contributed by atoms with Gasteiger partial charge in [0.15, 0.2) is 11.6 Å². The minimum absolute atomic E-state index is 0.311. The molecule has 1 radical (unpaired) electrons. The first-order chi connectivity index (χ1) is 8.16. The van der Waals surface area contributed by atoms with Crippen LogP contribution in [0, 0.1) is 25.0 Å². The summed E-state index contributed by atoms with van der Waals surface area (Å²) in [4.78, 5) is 0. The first-order valence-corrected chi connectivity index (χ1v) is 5.49. The highest BCUT2D eigenvalue weighted by molar-refractivity contribution is 5.30. The Bertz CT molecular complexity index is 501. The van der Waals surface area contributed by atoms with Gasteiger partial charge >= 0.3 is 0 Å². The number of rotatable bonds is 3. The minimum Gasteiger partial charge on any atom is -0.204 e. The summed E-state index contributed by atoms with van der Waals surface area (Å²) in [5.41, 5.74) is 2.58. The van der Waals surface area contributed by atoms with Crippen molar-refractivity contribution >= 4 is 0 Å². The third-order valence-electron chi connectivity index (χ3n) is 2.66. The summed E-state index contributed by atoms with van der Waals surface area (Å²) >= 11 is 0. The number of hydrogen-bond donors (Lipinski definition) is 0.